The zero-order chi connectivity index (χ0) is 26.4. The highest BCUT2D eigenvalue weighted by Crippen LogP contribution is 2.22. The maximum atomic E-state index is 12.8. The van der Waals surface area contributed by atoms with Crippen molar-refractivity contribution < 1.29 is 22.7 Å². The van der Waals surface area contributed by atoms with Gasteiger partial charge >= 0.3 is 5.97 Å². The van der Waals surface area contributed by atoms with Crippen molar-refractivity contribution in [2.45, 2.75) is 25.3 Å². The van der Waals surface area contributed by atoms with Crippen LogP contribution in [0.4, 0.5) is 5.69 Å². The predicted molar refractivity (Wildman–Crippen MR) is 142 cm³/mol. The quantitative estimate of drug-likeness (QED) is 0.452. The first-order valence-corrected chi connectivity index (χ1v) is 13.7. The summed E-state index contributed by atoms with van der Waals surface area (Å²) >= 11 is 0. The number of hydrogen-bond donors (Lipinski definition) is 1. The number of esters is 1. The molecule has 8 nitrogen and oxygen atoms in total. The van der Waals surface area contributed by atoms with E-state index in [0.717, 1.165) is 5.56 Å². The zero-order valence-corrected chi connectivity index (χ0v) is 21.8. The number of piperazine rings is 1. The standard InChI is InChI=1S/C28H31N3O5S/c1-3-36-28(33)25-10-7-11-26(21(25)2)29-27(32)23-14-12-22(13-15-23)20-30-16-18-31(19-17-30)37(34,35)24-8-5-4-6-9-24/h4-15H,3,16-20H2,1-2H3,(H,29,32). The van der Waals surface area contributed by atoms with Crippen molar-refractivity contribution in [3.63, 3.8) is 0 Å². The normalized spacial score (nSPS) is 14.8. The first-order chi connectivity index (χ1) is 17.8. The Kier molecular flexibility index (Phi) is 8.38. The second kappa shape index (κ2) is 11.7. The zero-order valence-electron chi connectivity index (χ0n) is 21.0. The van der Waals surface area contributed by atoms with Gasteiger partial charge in [-0.25, -0.2) is 13.2 Å². The largest absolute Gasteiger partial charge is 0.462 e. The van der Waals surface area contributed by atoms with Crippen molar-refractivity contribution in [3.05, 3.63) is 95.1 Å². The van der Waals surface area contributed by atoms with Gasteiger partial charge in [0.05, 0.1) is 17.1 Å². The van der Waals surface area contributed by atoms with Crippen LogP contribution >= 0.6 is 0 Å². The molecule has 1 fully saturated rings. The van der Waals surface area contributed by atoms with E-state index in [1.165, 1.54) is 4.31 Å². The molecule has 3 aromatic carbocycles. The van der Waals surface area contributed by atoms with Crippen LogP contribution in [0.2, 0.25) is 0 Å². The number of amides is 1. The molecule has 0 radical (unpaired) electrons. The molecular formula is C28H31N3O5S. The second-order valence-corrected chi connectivity index (χ2v) is 10.8. The SMILES string of the molecule is CCOC(=O)c1cccc(NC(=O)c2ccc(CN3CCN(S(=O)(=O)c4ccccc4)CC3)cc2)c1C. The Labute approximate surface area is 217 Å². The third-order valence-corrected chi connectivity index (χ3v) is 8.32. The van der Waals surface area contributed by atoms with Gasteiger partial charge in [0, 0.05) is 44.0 Å². The molecule has 194 valence electrons. The maximum Gasteiger partial charge on any atom is 0.338 e. The summed E-state index contributed by atoms with van der Waals surface area (Å²) in [4.78, 5) is 27.5. The molecule has 0 aliphatic carbocycles. The highest BCUT2D eigenvalue weighted by molar-refractivity contribution is 7.89. The first-order valence-electron chi connectivity index (χ1n) is 12.2. The Morgan fingerprint density at radius 3 is 2.22 bits per heavy atom. The fourth-order valence-corrected chi connectivity index (χ4v) is 5.73. The molecule has 4 rings (SSSR count). The van der Waals surface area contributed by atoms with Crippen LogP contribution in [0.15, 0.2) is 77.7 Å². The van der Waals surface area contributed by atoms with Crippen LogP contribution < -0.4 is 5.32 Å². The van der Waals surface area contributed by atoms with Gasteiger partial charge in [-0.15, -0.1) is 0 Å². The summed E-state index contributed by atoms with van der Waals surface area (Å²) < 4.78 is 32.3. The minimum atomic E-state index is -3.48. The summed E-state index contributed by atoms with van der Waals surface area (Å²) in [5.74, 6) is -0.686. The van der Waals surface area contributed by atoms with E-state index in [0.29, 0.717) is 60.0 Å². The predicted octanol–water partition coefficient (Wildman–Crippen LogP) is 3.93. The number of sulfonamides is 1. The van der Waals surface area contributed by atoms with Crippen LogP contribution in [-0.2, 0) is 21.3 Å². The third kappa shape index (κ3) is 6.25. The summed E-state index contributed by atoms with van der Waals surface area (Å²) in [7, 11) is -3.48. The van der Waals surface area contributed by atoms with E-state index in [1.807, 2.05) is 12.1 Å². The lowest BCUT2D eigenvalue weighted by Crippen LogP contribution is -2.48. The van der Waals surface area contributed by atoms with E-state index in [4.69, 9.17) is 4.74 Å². The number of carbonyl (C=O) groups is 2. The molecule has 1 aliphatic rings. The van der Waals surface area contributed by atoms with Crippen LogP contribution in [0.5, 0.6) is 0 Å². The fraction of sp³-hybridized carbons (Fsp3) is 0.286. The number of anilines is 1. The van der Waals surface area contributed by atoms with E-state index in [-0.39, 0.29) is 12.5 Å². The van der Waals surface area contributed by atoms with Crippen LogP contribution in [0, 0.1) is 6.92 Å². The summed E-state index contributed by atoms with van der Waals surface area (Å²) in [6.45, 7) is 6.60. The van der Waals surface area contributed by atoms with Gasteiger partial charge in [0.25, 0.3) is 5.91 Å². The van der Waals surface area contributed by atoms with Gasteiger partial charge in [0.15, 0.2) is 0 Å². The number of hydrogen-bond acceptors (Lipinski definition) is 6. The Bertz CT molecular complexity index is 1350. The van der Waals surface area contributed by atoms with E-state index >= 15 is 0 Å². The van der Waals surface area contributed by atoms with Gasteiger partial charge in [0.2, 0.25) is 10.0 Å². The molecule has 1 aliphatic heterocycles. The molecule has 1 N–H and O–H groups in total. The summed E-state index contributed by atoms with van der Waals surface area (Å²) in [6.07, 6.45) is 0. The Balaban J connectivity index is 1.33. The Hall–Kier alpha value is -3.53. The molecular weight excluding hydrogens is 490 g/mol. The van der Waals surface area contributed by atoms with Gasteiger partial charge in [0.1, 0.15) is 0 Å². The second-order valence-electron chi connectivity index (χ2n) is 8.84. The lowest BCUT2D eigenvalue weighted by Gasteiger charge is -2.34. The van der Waals surface area contributed by atoms with Crippen LogP contribution in [0.3, 0.4) is 0 Å². The minimum Gasteiger partial charge on any atom is -0.462 e. The molecule has 0 atom stereocenters. The van der Waals surface area contributed by atoms with Crippen molar-refractivity contribution in [2.24, 2.45) is 0 Å². The summed E-state index contributed by atoms with van der Waals surface area (Å²) in [5, 5.41) is 2.88. The maximum absolute atomic E-state index is 12.8. The van der Waals surface area contributed by atoms with Gasteiger partial charge in [-0.3, -0.25) is 9.69 Å². The number of nitrogens with zero attached hydrogens (tertiary/aromatic N) is 2. The van der Waals surface area contributed by atoms with E-state index in [2.05, 4.69) is 10.2 Å². The monoisotopic (exact) mass is 521 g/mol. The number of rotatable bonds is 8. The smallest absolute Gasteiger partial charge is 0.338 e. The highest BCUT2D eigenvalue weighted by atomic mass is 32.2. The summed E-state index contributed by atoms with van der Waals surface area (Å²) in [6, 6.07) is 21.0. The van der Waals surface area contributed by atoms with Gasteiger partial charge < -0.3 is 10.1 Å². The van der Waals surface area contributed by atoms with Gasteiger partial charge in [-0.2, -0.15) is 4.31 Å². The van der Waals surface area contributed by atoms with Crippen molar-refractivity contribution in [1.82, 2.24) is 9.21 Å². The Morgan fingerprint density at radius 2 is 1.57 bits per heavy atom. The Morgan fingerprint density at radius 1 is 0.892 bits per heavy atom. The minimum absolute atomic E-state index is 0.268. The molecule has 3 aromatic rings. The molecule has 9 heteroatoms. The van der Waals surface area contributed by atoms with Crippen molar-refractivity contribution in [2.75, 3.05) is 38.1 Å². The van der Waals surface area contributed by atoms with Crippen LogP contribution in [0.25, 0.3) is 0 Å². The molecule has 0 bridgehead atoms. The number of benzene rings is 3. The van der Waals surface area contributed by atoms with Crippen LogP contribution in [-0.4, -0.2) is 62.3 Å². The molecule has 37 heavy (non-hydrogen) atoms. The van der Waals surface area contributed by atoms with E-state index in [9.17, 15) is 18.0 Å². The van der Waals surface area contributed by atoms with Crippen molar-refractivity contribution in [1.29, 1.82) is 0 Å². The van der Waals surface area contributed by atoms with Crippen molar-refractivity contribution >= 4 is 27.6 Å². The number of nitrogens with one attached hydrogen (secondary N) is 1. The number of ether oxygens (including phenoxy) is 1. The molecule has 1 heterocycles. The molecule has 0 aromatic heterocycles. The third-order valence-electron chi connectivity index (χ3n) is 6.41. The average molecular weight is 522 g/mol. The van der Waals surface area contributed by atoms with Gasteiger partial charge in [-0.05, 0) is 61.4 Å². The molecule has 0 spiro atoms. The van der Waals surface area contributed by atoms with Crippen LogP contribution in [0.1, 0.15) is 38.8 Å². The van der Waals surface area contributed by atoms with E-state index in [1.54, 1.807) is 74.5 Å². The summed E-state index contributed by atoms with van der Waals surface area (Å²) in [5.41, 5.74) is 3.17. The topological polar surface area (TPSA) is 96.0 Å². The average Bonchev–Trinajstić information content (AvgIpc) is 2.91. The molecule has 1 amide bonds. The molecule has 0 unspecified atom stereocenters. The van der Waals surface area contributed by atoms with Gasteiger partial charge in [-0.1, -0.05) is 36.4 Å². The first kappa shape index (κ1) is 26.5. The molecule has 1 saturated heterocycles. The lowest BCUT2D eigenvalue weighted by molar-refractivity contribution is 0.0525. The molecule has 0 saturated carbocycles. The lowest BCUT2D eigenvalue weighted by atomic mass is 10.1. The number of carbonyl (C=O) groups excluding carboxylic acids is 2. The van der Waals surface area contributed by atoms with Crippen molar-refractivity contribution in [3.8, 4) is 0 Å². The fourth-order valence-electron chi connectivity index (χ4n) is 4.28. The highest BCUT2D eigenvalue weighted by Gasteiger charge is 2.28. The van der Waals surface area contributed by atoms with E-state index < -0.39 is 16.0 Å².